The summed E-state index contributed by atoms with van der Waals surface area (Å²) >= 11 is 0. The van der Waals surface area contributed by atoms with E-state index in [9.17, 15) is 14.4 Å². The van der Waals surface area contributed by atoms with Crippen LogP contribution in [-0.2, 0) is 11.4 Å². The molecule has 0 aromatic heterocycles. The number of ether oxygens (including phenoxy) is 5. The lowest BCUT2D eigenvalue weighted by molar-refractivity contribution is -0.136. The molecule has 8 nitrogen and oxygen atoms in total. The number of esters is 1. The molecule has 4 aromatic rings. The first-order valence-electron chi connectivity index (χ1n) is 13.4. The molecular weight excluding hydrogens is 551 g/mol. The number of nitriles is 1. The van der Waals surface area contributed by atoms with Gasteiger partial charge in [-0.2, -0.15) is 5.26 Å². The van der Waals surface area contributed by atoms with Gasteiger partial charge in [-0.25, -0.2) is 9.18 Å². The number of methoxy groups -OCH3 is 1. The summed E-state index contributed by atoms with van der Waals surface area (Å²) in [5.74, 6) is 0.306. The smallest absolute Gasteiger partial charge is 0.349 e. The standard InChI is InChI=1S/C34H29FN2O6/c1-20-8-10-24(14-21(20)2)40-19-32(38)42-25-11-12-26-30(16-25)43-34(37)27(17-36)33(26)22-9-13-29(31(15-22)39-3)41-18-23-6-4-5-7-28(23)35/h4-16,33H,18-19,37H2,1-3H3. The third-order valence-corrected chi connectivity index (χ3v) is 7.12. The fourth-order valence-electron chi connectivity index (χ4n) is 4.70. The van der Waals surface area contributed by atoms with Gasteiger partial charge in [0, 0.05) is 17.2 Å². The highest BCUT2D eigenvalue weighted by atomic mass is 19.1. The number of fused-ring (bicyclic) bond motifs is 1. The molecule has 2 N–H and O–H groups in total. The minimum Gasteiger partial charge on any atom is -0.493 e. The summed E-state index contributed by atoms with van der Waals surface area (Å²) in [6.07, 6.45) is 0. The third kappa shape index (κ3) is 6.39. The molecule has 5 rings (SSSR count). The van der Waals surface area contributed by atoms with Crippen LogP contribution in [0, 0.1) is 31.0 Å². The zero-order valence-electron chi connectivity index (χ0n) is 23.8. The van der Waals surface area contributed by atoms with Gasteiger partial charge in [-0.05, 0) is 66.9 Å². The Labute approximate surface area is 248 Å². The van der Waals surface area contributed by atoms with E-state index in [4.69, 9.17) is 29.4 Å². The van der Waals surface area contributed by atoms with Gasteiger partial charge in [0.2, 0.25) is 5.88 Å². The summed E-state index contributed by atoms with van der Waals surface area (Å²) in [5, 5.41) is 9.95. The quantitative estimate of drug-likeness (QED) is 0.183. The van der Waals surface area contributed by atoms with Gasteiger partial charge < -0.3 is 29.4 Å². The molecule has 0 fully saturated rings. The van der Waals surface area contributed by atoms with E-state index < -0.39 is 11.9 Å². The van der Waals surface area contributed by atoms with Gasteiger partial charge >= 0.3 is 5.97 Å². The number of rotatable bonds is 9. The molecule has 0 spiro atoms. The molecular formula is C34H29FN2O6. The second-order valence-corrected chi connectivity index (χ2v) is 9.92. The Kier molecular flexibility index (Phi) is 8.49. The van der Waals surface area contributed by atoms with E-state index in [1.807, 2.05) is 26.0 Å². The zero-order valence-corrected chi connectivity index (χ0v) is 23.8. The predicted octanol–water partition coefficient (Wildman–Crippen LogP) is 6.23. The van der Waals surface area contributed by atoms with Crippen LogP contribution in [0.25, 0.3) is 0 Å². The summed E-state index contributed by atoms with van der Waals surface area (Å²) < 4.78 is 42.3. The number of nitrogens with zero attached hydrogens (tertiary/aromatic N) is 1. The molecule has 0 saturated carbocycles. The van der Waals surface area contributed by atoms with E-state index in [1.54, 1.807) is 60.7 Å². The van der Waals surface area contributed by atoms with E-state index in [2.05, 4.69) is 6.07 Å². The number of carbonyl (C=O) groups is 1. The number of aryl methyl sites for hydroxylation is 2. The van der Waals surface area contributed by atoms with E-state index in [1.165, 1.54) is 13.2 Å². The van der Waals surface area contributed by atoms with Crippen LogP contribution < -0.4 is 29.4 Å². The van der Waals surface area contributed by atoms with Crippen LogP contribution in [0.1, 0.15) is 33.7 Å². The van der Waals surface area contributed by atoms with Crippen molar-refractivity contribution in [2.75, 3.05) is 13.7 Å². The van der Waals surface area contributed by atoms with Gasteiger partial charge in [0.25, 0.3) is 0 Å². The van der Waals surface area contributed by atoms with E-state index >= 15 is 0 Å². The highest BCUT2D eigenvalue weighted by Gasteiger charge is 2.32. The summed E-state index contributed by atoms with van der Waals surface area (Å²) in [7, 11) is 1.49. The van der Waals surface area contributed by atoms with Crippen molar-refractivity contribution in [3.63, 3.8) is 0 Å². The Morgan fingerprint density at radius 1 is 0.953 bits per heavy atom. The van der Waals surface area contributed by atoms with E-state index in [-0.39, 0.29) is 36.2 Å². The second-order valence-electron chi connectivity index (χ2n) is 9.92. The summed E-state index contributed by atoms with van der Waals surface area (Å²) in [5.41, 5.74) is 10.3. The summed E-state index contributed by atoms with van der Waals surface area (Å²) in [4.78, 5) is 12.5. The number of carbonyl (C=O) groups excluding carboxylic acids is 1. The van der Waals surface area contributed by atoms with Crippen LogP contribution in [0.4, 0.5) is 4.39 Å². The van der Waals surface area contributed by atoms with Crippen LogP contribution >= 0.6 is 0 Å². The van der Waals surface area contributed by atoms with Gasteiger partial charge in [0.1, 0.15) is 41.3 Å². The average molecular weight is 581 g/mol. The van der Waals surface area contributed by atoms with Crippen molar-refractivity contribution in [1.29, 1.82) is 5.26 Å². The number of benzene rings is 4. The highest BCUT2D eigenvalue weighted by molar-refractivity contribution is 5.74. The first kappa shape index (κ1) is 29.0. The van der Waals surface area contributed by atoms with Crippen molar-refractivity contribution in [2.45, 2.75) is 26.4 Å². The Morgan fingerprint density at radius 2 is 1.74 bits per heavy atom. The number of allylic oxidation sites excluding steroid dienone is 1. The molecule has 1 heterocycles. The van der Waals surface area contributed by atoms with Gasteiger partial charge in [-0.3, -0.25) is 0 Å². The van der Waals surface area contributed by atoms with Gasteiger partial charge in [-0.1, -0.05) is 36.4 Å². The molecule has 1 unspecified atom stereocenters. The molecule has 0 amide bonds. The van der Waals surface area contributed by atoms with Gasteiger partial charge in [0.15, 0.2) is 18.1 Å². The Balaban J connectivity index is 1.35. The van der Waals surface area contributed by atoms with E-state index in [0.717, 1.165) is 11.1 Å². The van der Waals surface area contributed by atoms with Crippen molar-refractivity contribution >= 4 is 5.97 Å². The molecule has 0 aliphatic carbocycles. The predicted molar refractivity (Wildman–Crippen MR) is 157 cm³/mol. The Morgan fingerprint density at radius 3 is 2.49 bits per heavy atom. The molecule has 0 saturated heterocycles. The molecule has 1 atom stereocenters. The van der Waals surface area contributed by atoms with Crippen LogP contribution in [-0.4, -0.2) is 19.7 Å². The summed E-state index contributed by atoms with van der Waals surface area (Å²) in [6, 6.07) is 24.2. The number of nitrogens with two attached hydrogens (primary N) is 1. The first-order valence-corrected chi connectivity index (χ1v) is 13.4. The average Bonchev–Trinajstić information content (AvgIpc) is 3.00. The number of hydrogen-bond donors (Lipinski definition) is 1. The fourth-order valence-corrected chi connectivity index (χ4v) is 4.70. The molecule has 218 valence electrons. The molecule has 1 aliphatic heterocycles. The maximum atomic E-state index is 14.1. The minimum atomic E-state index is -0.596. The maximum absolute atomic E-state index is 14.1. The Hall–Kier alpha value is -5.49. The zero-order chi connectivity index (χ0) is 30.5. The topological polar surface area (TPSA) is 113 Å². The van der Waals surface area contributed by atoms with Crippen molar-refractivity contribution in [3.05, 3.63) is 124 Å². The van der Waals surface area contributed by atoms with E-state index in [0.29, 0.717) is 39.7 Å². The van der Waals surface area contributed by atoms with Crippen molar-refractivity contribution < 1.29 is 32.9 Å². The lowest BCUT2D eigenvalue weighted by Crippen LogP contribution is -2.22. The lowest BCUT2D eigenvalue weighted by Gasteiger charge is -2.27. The molecule has 9 heteroatoms. The van der Waals surface area contributed by atoms with Crippen molar-refractivity contribution in [3.8, 4) is 34.8 Å². The van der Waals surface area contributed by atoms with Gasteiger partial charge in [-0.15, -0.1) is 0 Å². The van der Waals surface area contributed by atoms with Crippen LogP contribution in [0.2, 0.25) is 0 Å². The first-order chi connectivity index (χ1) is 20.8. The summed E-state index contributed by atoms with van der Waals surface area (Å²) in [6.45, 7) is 3.68. The Bertz CT molecular complexity index is 1760. The molecule has 4 aromatic carbocycles. The molecule has 0 bridgehead atoms. The highest BCUT2D eigenvalue weighted by Crippen LogP contribution is 2.45. The van der Waals surface area contributed by atoms with Crippen LogP contribution in [0.5, 0.6) is 28.7 Å². The number of hydrogen-bond acceptors (Lipinski definition) is 8. The van der Waals surface area contributed by atoms with Gasteiger partial charge in [0.05, 0.1) is 13.0 Å². The van der Waals surface area contributed by atoms with Crippen LogP contribution in [0.3, 0.4) is 0 Å². The van der Waals surface area contributed by atoms with Crippen LogP contribution in [0.15, 0.2) is 90.3 Å². The normalized spacial score (nSPS) is 13.8. The SMILES string of the molecule is COc1cc(C2C(C#N)=C(N)Oc3cc(OC(=O)COc4ccc(C)c(C)c4)ccc32)ccc1OCc1ccccc1F. The third-order valence-electron chi connectivity index (χ3n) is 7.12. The molecule has 43 heavy (non-hydrogen) atoms. The van der Waals surface area contributed by atoms with Crippen molar-refractivity contribution in [1.82, 2.24) is 0 Å². The maximum Gasteiger partial charge on any atom is 0.349 e. The fraction of sp³-hybridized carbons (Fsp3) is 0.176. The minimum absolute atomic E-state index is 0.00990. The second kappa shape index (κ2) is 12.6. The number of halogens is 1. The largest absolute Gasteiger partial charge is 0.493 e. The van der Waals surface area contributed by atoms with Crippen molar-refractivity contribution in [2.24, 2.45) is 5.73 Å². The lowest BCUT2D eigenvalue weighted by atomic mass is 9.83. The molecule has 1 aliphatic rings. The monoisotopic (exact) mass is 580 g/mol. The molecule has 0 radical (unpaired) electrons.